The first-order chi connectivity index (χ1) is 6.41. The van der Waals surface area contributed by atoms with Gasteiger partial charge in [0.1, 0.15) is 0 Å². The first-order valence-corrected chi connectivity index (χ1v) is 9.11. The van der Waals surface area contributed by atoms with Crippen LogP contribution in [-0.2, 0) is 16.5 Å². The van der Waals surface area contributed by atoms with Crippen LogP contribution in [0.5, 0.6) is 0 Å². The maximum atomic E-state index is 4.89. The molecule has 13 heavy (non-hydrogen) atoms. The van der Waals surface area contributed by atoms with Crippen molar-refractivity contribution in [2.45, 2.75) is 12.8 Å². The Kier molecular flexibility index (Phi) is 12.4. The zero-order valence-corrected chi connectivity index (χ0v) is 10.7. The molecule has 0 aromatic rings. The summed E-state index contributed by atoms with van der Waals surface area (Å²) in [6.45, 7) is 0. The van der Waals surface area contributed by atoms with Crippen LogP contribution in [0.3, 0.4) is 0 Å². The van der Waals surface area contributed by atoms with Gasteiger partial charge in [-0.15, -0.1) is 0 Å². The summed E-state index contributed by atoms with van der Waals surface area (Å²) in [7, 11) is 9.79. The fraction of sp³-hybridized carbons (Fsp3) is 0.200. The van der Waals surface area contributed by atoms with Gasteiger partial charge < -0.3 is 0 Å². The van der Waals surface area contributed by atoms with Crippen molar-refractivity contribution in [1.82, 2.24) is 0 Å². The van der Waals surface area contributed by atoms with E-state index in [1.165, 1.54) is 0 Å². The number of rotatable bonds is 0. The van der Waals surface area contributed by atoms with E-state index in [1.807, 2.05) is 0 Å². The second-order valence-electron chi connectivity index (χ2n) is 2.24. The summed E-state index contributed by atoms with van der Waals surface area (Å²) < 4.78 is 0. The van der Waals surface area contributed by atoms with Crippen molar-refractivity contribution in [3.05, 3.63) is 48.6 Å². The zero-order valence-electron chi connectivity index (χ0n) is 7.20. The van der Waals surface area contributed by atoms with Crippen LogP contribution in [0.25, 0.3) is 0 Å². The van der Waals surface area contributed by atoms with Crippen LogP contribution in [0.4, 0.5) is 0 Å². The van der Waals surface area contributed by atoms with Gasteiger partial charge in [0, 0.05) is 0 Å². The number of halogens is 2. The minimum atomic E-state index is -0.586. The van der Waals surface area contributed by atoms with Crippen molar-refractivity contribution in [3.8, 4) is 0 Å². The molecule has 0 aromatic heterocycles. The van der Waals surface area contributed by atoms with E-state index in [9.17, 15) is 0 Å². The van der Waals surface area contributed by atoms with Crippen LogP contribution in [0.15, 0.2) is 48.6 Å². The van der Waals surface area contributed by atoms with Crippen molar-refractivity contribution >= 4 is 18.8 Å². The van der Waals surface area contributed by atoms with E-state index < -0.39 is 16.5 Å². The van der Waals surface area contributed by atoms with Crippen LogP contribution in [0.2, 0.25) is 0 Å². The molecule has 0 saturated carbocycles. The van der Waals surface area contributed by atoms with E-state index in [4.69, 9.17) is 18.8 Å². The molecule has 0 aliphatic heterocycles. The van der Waals surface area contributed by atoms with Gasteiger partial charge in [-0.1, -0.05) is 48.6 Å². The van der Waals surface area contributed by atoms with Gasteiger partial charge in [-0.05, 0) is 12.8 Å². The van der Waals surface area contributed by atoms with Gasteiger partial charge in [0.2, 0.25) is 0 Å². The Labute approximate surface area is 96.4 Å². The summed E-state index contributed by atoms with van der Waals surface area (Å²) in [5, 5.41) is 0. The van der Waals surface area contributed by atoms with E-state index in [0.29, 0.717) is 0 Å². The first kappa shape index (κ1) is 13.2. The predicted molar refractivity (Wildman–Crippen MR) is 57.5 cm³/mol. The molecule has 0 bridgehead atoms. The van der Waals surface area contributed by atoms with Crippen LogP contribution in [0, 0.1) is 0 Å². The third kappa shape index (κ3) is 12.2. The van der Waals surface area contributed by atoms with Gasteiger partial charge >= 0.3 is 35.3 Å². The van der Waals surface area contributed by atoms with Gasteiger partial charge in [-0.3, -0.25) is 0 Å². The minimum absolute atomic E-state index is 0.586. The third-order valence-corrected chi connectivity index (χ3v) is 1.31. The molecule has 0 radical (unpaired) electrons. The molecule has 0 unspecified atom stereocenters. The molecule has 72 valence electrons. The topological polar surface area (TPSA) is 0 Å². The summed E-state index contributed by atoms with van der Waals surface area (Å²) in [4.78, 5) is 0. The van der Waals surface area contributed by atoms with Gasteiger partial charge in [-0.25, -0.2) is 0 Å². The fourth-order valence-electron chi connectivity index (χ4n) is 0.786. The third-order valence-electron chi connectivity index (χ3n) is 1.31. The molecule has 0 saturated heterocycles. The molecule has 0 atom stereocenters. The molecule has 0 N–H and O–H groups in total. The molecule has 2 rings (SSSR count). The Morgan fingerprint density at radius 2 is 0.923 bits per heavy atom. The van der Waals surface area contributed by atoms with Crippen LogP contribution in [-0.4, -0.2) is 0 Å². The molecule has 2 aliphatic carbocycles. The summed E-state index contributed by atoms with van der Waals surface area (Å²) in [5.74, 6) is 0. The summed E-state index contributed by atoms with van der Waals surface area (Å²) >= 11 is -0.586. The molecular weight excluding hydrogens is 287 g/mol. The number of hydrogen-bond acceptors (Lipinski definition) is 0. The van der Waals surface area contributed by atoms with Gasteiger partial charge in [0.25, 0.3) is 0 Å². The van der Waals surface area contributed by atoms with E-state index in [0.717, 1.165) is 12.8 Å². The van der Waals surface area contributed by atoms with Gasteiger partial charge in [0.15, 0.2) is 0 Å². The number of allylic oxidation sites excluding steroid dienone is 8. The summed E-state index contributed by atoms with van der Waals surface area (Å²) in [6.07, 6.45) is 19.0. The van der Waals surface area contributed by atoms with Crippen molar-refractivity contribution in [1.29, 1.82) is 0 Å². The van der Waals surface area contributed by atoms with E-state index in [2.05, 4.69) is 48.6 Å². The van der Waals surface area contributed by atoms with Gasteiger partial charge in [0.05, 0.1) is 0 Å². The first-order valence-electron chi connectivity index (χ1n) is 3.94. The molecule has 0 spiro atoms. The monoisotopic (exact) mass is 300 g/mol. The molecule has 0 heterocycles. The molecule has 3 heteroatoms. The van der Waals surface area contributed by atoms with Crippen LogP contribution >= 0.6 is 18.8 Å². The quantitative estimate of drug-likeness (QED) is 0.582. The van der Waals surface area contributed by atoms with E-state index in [1.54, 1.807) is 0 Å². The predicted octanol–water partition coefficient (Wildman–Crippen LogP) is 4.38. The van der Waals surface area contributed by atoms with Crippen molar-refractivity contribution in [3.63, 3.8) is 0 Å². The van der Waals surface area contributed by atoms with Crippen LogP contribution in [0.1, 0.15) is 12.8 Å². The molecule has 0 aromatic carbocycles. The fourth-order valence-corrected chi connectivity index (χ4v) is 0.786. The standard InChI is InChI=1S/2C5H6.2ClH.Mo/c2*1-2-4-5-3-1;;;/h2*1-4H,5H2;2*1H;/q;;;;+2/p-2. The maximum absolute atomic E-state index is 4.89. The normalized spacial score (nSPS) is 14.9. The van der Waals surface area contributed by atoms with Gasteiger partial charge in [-0.2, -0.15) is 0 Å². The number of hydrogen-bond donors (Lipinski definition) is 0. The molecule has 0 amide bonds. The second-order valence-corrected chi connectivity index (χ2v) is 5.29. The Morgan fingerprint density at radius 1 is 0.692 bits per heavy atom. The van der Waals surface area contributed by atoms with Crippen molar-refractivity contribution in [2.75, 3.05) is 0 Å². The molecule has 0 fully saturated rings. The molecular formula is C10H12Cl2Mo. The average molecular weight is 299 g/mol. The van der Waals surface area contributed by atoms with Crippen molar-refractivity contribution in [2.24, 2.45) is 0 Å². The van der Waals surface area contributed by atoms with Crippen LogP contribution < -0.4 is 0 Å². The Hall–Kier alpha value is 0.228. The molecule has 0 nitrogen and oxygen atoms in total. The SMILES string of the molecule is C1=CCC=C1.C1=CCC=C1.[Cl][Mo][Cl]. The Balaban J connectivity index is 0.000000174. The van der Waals surface area contributed by atoms with Crippen molar-refractivity contribution < 1.29 is 16.5 Å². The molecule has 2 aliphatic rings. The van der Waals surface area contributed by atoms with E-state index in [-0.39, 0.29) is 0 Å². The zero-order chi connectivity index (χ0) is 9.78. The Morgan fingerprint density at radius 3 is 1.00 bits per heavy atom. The van der Waals surface area contributed by atoms with E-state index >= 15 is 0 Å². The Bertz CT molecular complexity index is 163. The second kappa shape index (κ2) is 12.2. The summed E-state index contributed by atoms with van der Waals surface area (Å²) in [6, 6.07) is 0. The average Bonchev–Trinajstić information content (AvgIpc) is 2.85. The summed E-state index contributed by atoms with van der Waals surface area (Å²) in [5.41, 5.74) is 0.